The van der Waals surface area contributed by atoms with Crippen LogP contribution in [0.4, 0.5) is 4.79 Å². The van der Waals surface area contributed by atoms with Crippen molar-refractivity contribution in [2.24, 2.45) is 11.3 Å². The average molecular weight is 477 g/mol. The summed E-state index contributed by atoms with van der Waals surface area (Å²) in [4.78, 5) is 25.3. The Bertz CT molecular complexity index is 933. The molecule has 1 aromatic carbocycles. The summed E-state index contributed by atoms with van der Waals surface area (Å²) in [5, 5.41) is 12.9. The van der Waals surface area contributed by atoms with Crippen LogP contribution < -0.4 is 5.32 Å². The zero-order valence-corrected chi connectivity index (χ0v) is 21.3. The van der Waals surface area contributed by atoms with Crippen LogP contribution in [0.1, 0.15) is 77.3 Å². The molecule has 1 aliphatic heterocycles. The number of ether oxygens (including phenoxy) is 1. The van der Waals surface area contributed by atoms with Gasteiger partial charge in [-0.3, -0.25) is 4.79 Å². The standard InChI is InChI=1S/C26H37ClN2O4/c1-16(33-6)11-20-15-29(10-9-23(30)31)24(32)28-26(20,5)18-7-8-21(22(27)14-18)17-12-19(13-17)25(2,3)4/h7-8,14-17,19H,9-13H2,1-6H3,(H,28,32)(H,30,31)/t16?,17-,19+,26-/m0/s1. The summed E-state index contributed by atoms with van der Waals surface area (Å²) in [5.41, 5.74) is 2.57. The van der Waals surface area contributed by atoms with Crippen molar-refractivity contribution < 1.29 is 19.4 Å². The molecule has 0 bridgehead atoms. The third kappa shape index (κ3) is 5.55. The third-order valence-corrected chi connectivity index (χ3v) is 7.76. The number of carboxylic acid groups (broad SMARTS) is 1. The lowest BCUT2D eigenvalue weighted by Gasteiger charge is -2.45. The van der Waals surface area contributed by atoms with Gasteiger partial charge in [0.2, 0.25) is 0 Å². The molecule has 1 aliphatic carbocycles. The van der Waals surface area contributed by atoms with E-state index in [2.05, 4.69) is 38.2 Å². The Morgan fingerprint density at radius 1 is 1.36 bits per heavy atom. The Labute approximate surface area is 202 Å². The van der Waals surface area contributed by atoms with Crippen molar-refractivity contribution >= 4 is 23.6 Å². The number of carbonyl (C=O) groups excluding carboxylic acids is 1. The molecule has 2 amide bonds. The van der Waals surface area contributed by atoms with Crippen LogP contribution >= 0.6 is 11.6 Å². The van der Waals surface area contributed by atoms with E-state index in [0.29, 0.717) is 23.7 Å². The highest BCUT2D eigenvalue weighted by molar-refractivity contribution is 6.31. The molecule has 2 N–H and O–H groups in total. The number of hydrogen-bond acceptors (Lipinski definition) is 3. The number of aliphatic carboxylic acids is 1. The Morgan fingerprint density at radius 2 is 2.03 bits per heavy atom. The minimum absolute atomic E-state index is 0.0639. The van der Waals surface area contributed by atoms with Crippen LogP contribution in [0, 0.1) is 11.3 Å². The number of halogens is 1. The molecule has 6 nitrogen and oxygen atoms in total. The van der Waals surface area contributed by atoms with E-state index in [1.807, 2.05) is 19.9 Å². The number of carbonyl (C=O) groups is 2. The first-order chi connectivity index (χ1) is 15.3. The van der Waals surface area contributed by atoms with E-state index < -0.39 is 11.5 Å². The zero-order chi connectivity index (χ0) is 24.6. The van der Waals surface area contributed by atoms with Crippen molar-refractivity contribution in [2.75, 3.05) is 13.7 Å². The van der Waals surface area contributed by atoms with E-state index in [4.69, 9.17) is 21.4 Å². The minimum atomic E-state index is -0.941. The fraction of sp³-hybridized carbons (Fsp3) is 0.615. The number of hydrogen-bond donors (Lipinski definition) is 2. The summed E-state index contributed by atoms with van der Waals surface area (Å²) in [7, 11) is 1.65. The molecule has 0 aromatic heterocycles. The molecular formula is C26H37ClN2O4. The van der Waals surface area contributed by atoms with Gasteiger partial charge in [-0.05, 0) is 73.1 Å². The summed E-state index contributed by atoms with van der Waals surface area (Å²) in [6, 6.07) is 5.82. The Hall–Kier alpha value is -2.05. The van der Waals surface area contributed by atoms with Crippen LogP contribution in [0.2, 0.25) is 5.02 Å². The van der Waals surface area contributed by atoms with Crippen LogP contribution in [0.15, 0.2) is 30.0 Å². The second-order valence-corrected chi connectivity index (χ2v) is 11.2. The largest absolute Gasteiger partial charge is 0.481 e. The van der Waals surface area contributed by atoms with E-state index in [1.165, 1.54) is 10.5 Å². The molecule has 1 heterocycles. The highest BCUT2D eigenvalue weighted by Crippen LogP contribution is 2.51. The second-order valence-electron chi connectivity index (χ2n) is 10.8. The molecule has 1 saturated carbocycles. The summed E-state index contributed by atoms with van der Waals surface area (Å²) < 4.78 is 5.48. The molecule has 33 heavy (non-hydrogen) atoms. The van der Waals surface area contributed by atoms with Crippen molar-refractivity contribution in [1.82, 2.24) is 10.2 Å². The number of carboxylic acids is 1. The van der Waals surface area contributed by atoms with Crippen molar-refractivity contribution in [1.29, 1.82) is 0 Å². The second kappa shape index (κ2) is 9.67. The Morgan fingerprint density at radius 3 is 2.58 bits per heavy atom. The lowest BCUT2D eigenvalue weighted by atomic mass is 9.61. The van der Waals surface area contributed by atoms with Gasteiger partial charge >= 0.3 is 12.0 Å². The number of amides is 2. The van der Waals surface area contributed by atoms with Gasteiger partial charge in [0.15, 0.2) is 0 Å². The Kier molecular flexibility index (Phi) is 7.49. The fourth-order valence-electron chi connectivity index (χ4n) is 4.78. The number of nitrogens with one attached hydrogen (secondary N) is 1. The van der Waals surface area contributed by atoms with Gasteiger partial charge in [0, 0.05) is 24.9 Å². The van der Waals surface area contributed by atoms with E-state index in [0.717, 1.165) is 29.0 Å². The van der Waals surface area contributed by atoms with Gasteiger partial charge in [-0.1, -0.05) is 44.5 Å². The number of urea groups is 1. The van der Waals surface area contributed by atoms with Crippen molar-refractivity contribution in [3.63, 3.8) is 0 Å². The van der Waals surface area contributed by atoms with Crippen molar-refractivity contribution in [3.05, 3.63) is 46.1 Å². The highest BCUT2D eigenvalue weighted by Gasteiger charge is 2.41. The van der Waals surface area contributed by atoms with Gasteiger partial charge in [0.25, 0.3) is 0 Å². The fourth-order valence-corrected chi connectivity index (χ4v) is 5.11. The quantitative estimate of drug-likeness (QED) is 0.489. The van der Waals surface area contributed by atoms with Crippen LogP contribution in [-0.2, 0) is 15.1 Å². The topological polar surface area (TPSA) is 78.9 Å². The van der Waals surface area contributed by atoms with E-state index in [1.54, 1.807) is 13.3 Å². The maximum Gasteiger partial charge on any atom is 0.322 e. The van der Waals surface area contributed by atoms with Gasteiger partial charge in [0.05, 0.1) is 18.1 Å². The number of nitrogens with zero attached hydrogens (tertiary/aromatic N) is 1. The van der Waals surface area contributed by atoms with Gasteiger partial charge in [0.1, 0.15) is 0 Å². The summed E-state index contributed by atoms with van der Waals surface area (Å²) in [5.74, 6) is 0.234. The van der Waals surface area contributed by atoms with Gasteiger partial charge in [-0.2, -0.15) is 0 Å². The number of rotatable bonds is 8. The molecule has 2 aliphatic rings. The monoisotopic (exact) mass is 476 g/mol. The smallest absolute Gasteiger partial charge is 0.322 e. The third-order valence-electron chi connectivity index (χ3n) is 7.43. The predicted molar refractivity (Wildman–Crippen MR) is 130 cm³/mol. The van der Waals surface area contributed by atoms with Gasteiger partial charge in [-0.25, -0.2) is 4.79 Å². The van der Waals surface area contributed by atoms with Crippen molar-refractivity contribution in [2.45, 2.75) is 77.9 Å². The van der Waals surface area contributed by atoms with Crippen molar-refractivity contribution in [3.8, 4) is 0 Å². The number of benzene rings is 1. The number of methoxy groups -OCH3 is 1. The van der Waals surface area contributed by atoms with Crippen LogP contribution in [0.25, 0.3) is 0 Å². The molecule has 2 atom stereocenters. The molecule has 1 fully saturated rings. The summed E-state index contributed by atoms with van der Waals surface area (Å²) in [6.45, 7) is 10.9. The first kappa shape index (κ1) is 25.6. The van der Waals surface area contributed by atoms with Crippen LogP contribution in [0.3, 0.4) is 0 Å². The molecule has 0 saturated heterocycles. The van der Waals surface area contributed by atoms with Gasteiger partial charge in [-0.15, -0.1) is 0 Å². The summed E-state index contributed by atoms with van der Waals surface area (Å²) in [6.07, 6.45) is 4.47. The predicted octanol–water partition coefficient (Wildman–Crippen LogP) is 5.90. The minimum Gasteiger partial charge on any atom is -0.481 e. The van der Waals surface area contributed by atoms with E-state index in [9.17, 15) is 9.59 Å². The summed E-state index contributed by atoms with van der Waals surface area (Å²) >= 11 is 6.78. The van der Waals surface area contributed by atoms with Crippen LogP contribution in [-0.4, -0.2) is 41.8 Å². The lowest BCUT2D eigenvalue weighted by molar-refractivity contribution is -0.137. The van der Waals surface area contributed by atoms with E-state index >= 15 is 0 Å². The molecule has 182 valence electrons. The molecular weight excluding hydrogens is 440 g/mol. The molecule has 0 spiro atoms. The maximum absolute atomic E-state index is 12.9. The molecule has 0 radical (unpaired) electrons. The average Bonchev–Trinajstić information content (AvgIpc) is 2.67. The Balaban J connectivity index is 1.89. The molecule has 3 rings (SSSR count). The molecule has 1 aromatic rings. The SMILES string of the molecule is COC(C)CC1=CN(CCC(=O)O)C(=O)N[C@@]1(C)c1ccc([C@H]2C[C@@H](C(C)(C)C)C2)c(Cl)c1. The molecule has 1 unspecified atom stereocenters. The van der Waals surface area contributed by atoms with E-state index in [-0.39, 0.29) is 25.1 Å². The van der Waals surface area contributed by atoms with Gasteiger partial charge < -0.3 is 20.1 Å². The molecule has 7 heteroatoms. The first-order valence-electron chi connectivity index (χ1n) is 11.7. The normalized spacial score (nSPS) is 26.3. The van der Waals surface area contributed by atoms with Crippen LogP contribution in [0.5, 0.6) is 0 Å². The lowest BCUT2D eigenvalue weighted by Crippen LogP contribution is -2.54. The highest BCUT2D eigenvalue weighted by atomic mass is 35.5. The zero-order valence-electron chi connectivity index (χ0n) is 20.6. The first-order valence-corrected chi connectivity index (χ1v) is 12.1. The maximum atomic E-state index is 12.9.